The Hall–Kier alpha value is -1.56. The van der Waals surface area contributed by atoms with Crippen molar-refractivity contribution in [2.45, 2.75) is 38.6 Å². The molecule has 3 N–H and O–H groups in total. The van der Waals surface area contributed by atoms with Crippen molar-refractivity contribution in [3.63, 3.8) is 0 Å². The van der Waals surface area contributed by atoms with Crippen molar-refractivity contribution in [2.24, 2.45) is 0 Å². The molecule has 0 spiro atoms. The number of nitrogens with one attached hydrogen (secondary N) is 1. The lowest BCUT2D eigenvalue weighted by Crippen LogP contribution is -2.40. The average molecular weight is 279 g/mol. The molecule has 1 saturated heterocycles. The molecule has 0 bridgehead atoms. The fourth-order valence-electron chi connectivity index (χ4n) is 2.73. The largest absolute Gasteiger partial charge is 0.393 e. The highest BCUT2D eigenvalue weighted by Gasteiger charge is 2.24. The number of hydrogen-bond donors (Lipinski definition) is 2. The number of anilines is 3. The van der Waals surface area contributed by atoms with E-state index in [1.54, 1.807) is 13.4 Å². The van der Waals surface area contributed by atoms with Crippen molar-refractivity contribution in [1.82, 2.24) is 9.97 Å². The fraction of sp³-hybridized carbons (Fsp3) is 0.714. The first-order chi connectivity index (χ1) is 9.77. The van der Waals surface area contributed by atoms with Gasteiger partial charge in [-0.25, -0.2) is 9.97 Å². The molecule has 0 aromatic carbocycles. The topological polar surface area (TPSA) is 76.3 Å². The average Bonchev–Trinajstić information content (AvgIpc) is 2.49. The number of ether oxygens (including phenoxy) is 1. The van der Waals surface area contributed by atoms with Gasteiger partial charge in [0.1, 0.15) is 12.0 Å². The number of piperidine rings is 1. The second-order valence-corrected chi connectivity index (χ2v) is 5.13. The number of aromatic nitrogens is 2. The van der Waals surface area contributed by atoms with E-state index >= 15 is 0 Å². The second-order valence-electron chi connectivity index (χ2n) is 5.13. The molecule has 6 nitrogen and oxygen atoms in total. The van der Waals surface area contributed by atoms with Gasteiger partial charge in [-0.1, -0.05) is 6.92 Å². The summed E-state index contributed by atoms with van der Waals surface area (Å²) in [6.07, 6.45) is 6.41. The van der Waals surface area contributed by atoms with Crippen molar-refractivity contribution in [3.05, 3.63) is 6.33 Å². The van der Waals surface area contributed by atoms with Crippen molar-refractivity contribution in [1.29, 1.82) is 0 Å². The summed E-state index contributed by atoms with van der Waals surface area (Å²) in [6, 6.07) is 0.535. The lowest BCUT2D eigenvalue weighted by molar-refractivity contribution is 0.210. The minimum absolute atomic E-state index is 0.535. The minimum atomic E-state index is 0.535. The third-order valence-corrected chi connectivity index (χ3v) is 3.83. The molecule has 2 heterocycles. The molecule has 2 rings (SSSR count). The Labute approximate surface area is 120 Å². The van der Waals surface area contributed by atoms with E-state index in [2.05, 4.69) is 27.1 Å². The summed E-state index contributed by atoms with van der Waals surface area (Å²) in [5, 5.41) is 3.20. The first-order valence-electron chi connectivity index (χ1n) is 7.37. The van der Waals surface area contributed by atoms with Gasteiger partial charge in [-0.15, -0.1) is 0 Å². The van der Waals surface area contributed by atoms with E-state index in [1.165, 1.54) is 19.3 Å². The monoisotopic (exact) mass is 279 g/mol. The van der Waals surface area contributed by atoms with Crippen LogP contribution in [-0.4, -0.2) is 42.8 Å². The SMILES string of the molecule is CCC1CCCCN1c1ncnc(NCCOC)c1N. The van der Waals surface area contributed by atoms with E-state index in [-0.39, 0.29) is 0 Å². The highest BCUT2D eigenvalue weighted by atomic mass is 16.5. The molecule has 20 heavy (non-hydrogen) atoms. The van der Waals surface area contributed by atoms with Crippen LogP contribution in [0.5, 0.6) is 0 Å². The summed E-state index contributed by atoms with van der Waals surface area (Å²) < 4.78 is 5.03. The Balaban J connectivity index is 2.16. The Kier molecular flexibility index (Phi) is 5.40. The van der Waals surface area contributed by atoms with Crippen LogP contribution in [0.1, 0.15) is 32.6 Å². The molecule has 1 atom stereocenters. The summed E-state index contributed by atoms with van der Waals surface area (Å²) in [5.74, 6) is 1.57. The van der Waals surface area contributed by atoms with Gasteiger partial charge >= 0.3 is 0 Å². The maximum atomic E-state index is 6.24. The van der Waals surface area contributed by atoms with Crippen molar-refractivity contribution in [3.8, 4) is 0 Å². The molecule has 1 aliphatic heterocycles. The molecule has 1 fully saturated rings. The quantitative estimate of drug-likeness (QED) is 0.774. The van der Waals surface area contributed by atoms with Crippen molar-refractivity contribution >= 4 is 17.3 Å². The molecule has 1 aliphatic rings. The van der Waals surface area contributed by atoms with Gasteiger partial charge in [0, 0.05) is 26.2 Å². The molecular formula is C14H25N5O. The van der Waals surface area contributed by atoms with E-state index in [1.807, 2.05) is 0 Å². The first kappa shape index (κ1) is 14.8. The van der Waals surface area contributed by atoms with E-state index < -0.39 is 0 Å². The van der Waals surface area contributed by atoms with Crippen LogP contribution < -0.4 is 16.0 Å². The standard InChI is InChI=1S/C14H25N5O/c1-3-11-6-4-5-8-19(11)14-12(15)13(17-10-18-14)16-7-9-20-2/h10-11H,3-9,15H2,1-2H3,(H,16,17,18). The summed E-state index contributed by atoms with van der Waals surface area (Å²) in [6.45, 7) is 4.56. The Bertz CT molecular complexity index is 426. The molecule has 0 radical (unpaired) electrons. The van der Waals surface area contributed by atoms with Gasteiger partial charge in [-0.2, -0.15) is 0 Å². The first-order valence-corrected chi connectivity index (χ1v) is 7.37. The summed E-state index contributed by atoms with van der Waals surface area (Å²) in [7, 11) is 1.68. The number of nitrogen functional groups attached to an aromatic ring is 1. The number of nitrogens with two attached hydrogens (primary N) is 1. The zero-order valence-corrected chi connectivity index (χ0v) is 12.4. The van der Waals surface area contributed by atoms with Crippen molar-refractivity contribution < 1.29 is 4.74 Å². The van der Waals surface area contributed by atoms with Gasteiger partial charge in [-0.3, -0.25) is 0 Å². The Morgan fingerprint density at radius 3 is 3.05 bits per heavy atom. The maximum absolute atomic E-state index is 6.24. The van der Waals surface area contributed by atoms with Gasteiger partial charge in [0.05, 0.1) is 6.61 Å². The summed E-state index contributed by atoms with van der Waals surface area (Å²) in [4.78, 5) is 11.0. The van der Waals surface area contributed by atoms with Gasteiger partial charge < -0.3 is 20.7 Å². The normalized spacial score (nSPS) is 19.1. The van der Waals surface area contributed by atoms with Gasteiger partial charge in [0.25, 0.3) is 0 Å². The Morgan fingerprint density at radius 2 is 2.30 bits per heavy atom. The number of rotatable bonds is 6. The van der Waals surface area contributed by atoms with Crippen LogP contribution in [-0.2, 0) is 4.74 Å². The zero-order chi connectivity index (χ0) is 14.4. The highest BCUT2D eigenvalue weighted by Crippen LogP contribution is 2.31. The molecule has 0 aliphatic carbocycles. The number of hydrogen-bond acceptors (Lipinski definition) is 6. The molecule has 0 saturated carbocycles. The zero-order valence-electron chi connectivity index (χ0n) is 12.4. The third kappa shape index (κ3) is 3.30. The molecule has 0 amide bonds. The summed E-state index contributed by atoms with van der Waals surface area (Å²) in [5.41, 5.74) is 6.89. The van der Waals surface area contributed by atoms with Crippen LogP contribution in [0.2, 0.25) is 0 Å². The lowest BCUT2D eigenvalue weighted by atomic mass is 10.00. The van der Waals surface area contributed by atoms with Crippen LogP contribution >= 0.6 is 0 Å². The number of methoxy groups -OCH3 is 1. The molecule has 6 heteroatoms. The Morgan fingerprint density at radius 1 is 1.45 bits per heavy atom. The van der Waals surface area contributed by atoms with Crippen LogP contribution in [0.3, 0.4) is 0 Å². The van der Waals surface area contributed by atoms with E-state index in [9.17, 15) is 0 Å². The van der Waals surface area contributed by atoms with Crippen molar-refractivity contribution in [2.75, 3.05) is 42.8 Å². The summed E-state index contributed by atoms with van der Waals surface area (Å²) >= 11 is 0. The van der Waals surface area contributed by atoms with E-state index in [0.717, 1.165) is 18.8 Å². The molecular weight excluding hydrogens is 254 g/mol. The van der Waals surface area contributed by atoms with Gasteiger partial charge in [0.15, 0.2) is 11.6 Å². The molecule has 112 valence electrons. The minimum Gasteiger partial charge on any atom is -0.393 e. The predicted octanol–water partition coefficient (Wildman–Crippen LogP) is 1.89. The molecule has 1 aromatic rings. The fourth-order valence-corrected chi connectivity index (χ4v) is 2.73. The molecule has 1 unspecified atom stereocenters. The van der Waals surface area contributed by atoms with Crippen LogP contribution in [0.25, 0.3) is 0 Å². The predicted molar refractivity (Wildman–Crippen MR) is 82.1 cm³/mol. The van der Waals surface area contributed by atoms with Gasteiger partial charge in [0.2, 0.25) is 0 Å². The second kappa shape index (κ2) is 7.28. The maximum Gasteiger partial charge on any atom is 0.157 e. The van der Waals surface area contributed by atoms with E-state index in [0.29, 0.717) is 30.7 Å². The smallest absolute Gasteiger partial charge is 0.157 e. The third-order valence-electron chi connectivity index (χ3n) is 3.83. The lowest BCUT2D eigenvalue weighted by Gasteiger charge is -2.36. The number of nitrogens with zero attached hydrogens (tertiary/aromatic N) is 3. The molecule has 1 aromatic heterocycles. The van der Waals surface area contributed by atoms with Crippen LogP contribution in [0.4, 0.5) is 17.3 Å². The van der Waals surface area contributed by atoms with Crippen LogP contribution in [0.15, 0.2) is 6.33 Å². The van der Waals surface area contributed by atoms with Crippen LogP contribution in [0, 0.1) is 0 Å². The highest BCUT2D eigenvalue weighted by molar-refractivity contribution is 5.75. The van der Waals surface area contributed by atoms with E-state index in [4.69, 9.17) is 10.5 Å². The van der Waals surface area contributed by atoms with Gasteiger partial charge in [-0.05, 0) is 25.7 Å².